The molecule has 0 fully saturated rings. The predicted molar refractivity (Wildman–Crippen MR) is 85.8 cm³/mol. The van der Waals surface area contributed by atoms with Crippen molar-refractivity contribution in [3.05, 3.63) is 23.0 Å². The average Bonchev–Trinajstić information content (AvgIpc) is 2.90. The third kappa shape index (κ3) is 3.85. The number of hydrogen-bond donors (Lipinski definition) is 1. The number of pyridine rings is 1. The van der Waals surface area contributed by atoms with Crippen LogP contribution in [-0.2, 0) is 6.54 Å². The van der Waals surface area contributed by atoms with Gasteiger partial charge in [0.05, 0.1) is 18.4 Å². The Morgan fingerprint density at radius 2 is 2.12 bits per heavy atom. The fourth-order valence-electron chi connectivity index (χ4n) is 2.14. The lowest BCUT2D eigenvalue weighted by atomic mass is 10.1. The molecule has 2 heterocycles. The summed E-state index contributed by atoms with van der Waals surface area (Å²) in [6, 6.07) is 1.17. The van der Waals surface area contributed by atoms with Gasteiger partial charge >= 0.3 is 12.1 Å². The molecule has 0 amide bonds. The van der Waals surface area contributed by atoms with Crippen molar-refractivity contribution >= 4 is 17.6 Å². The minimum absolute atomic E-state index is 0.109. The van der Waals surface area contributed by atoms with Gasteiger partial charge < -0.3 is 14.6 Å². The summed E-state index contributed by atoms with van der Waals surface area (Å²) in [5.74, 6) is -1.50. The van der Waals surface area contributed by atoms with Crippen LogP contribution in [0.3, 0.4) is 0 Å². The zero-order valence-corrected chi connectivity index (χ0v) is 14.7. The van der Waals surface area contributed by atoms with Crippen LogP contribution in [0.25, 0.3) is 11.3 Å². The molecule has 26 heavy (non-hydrogen) atoms. The van der Waals surface area contributed by atoms with Crippen LogP contribution >= 0.6 is 11.6 Å². The minimum atomic E-state index is -4.55. The number of aryl methyl sites for hydroxylation is 1. The van der Waals surface area contributed by atoms with Crippen molar-refractivity contribution in [2.24, 2.45) is 0 Å². The molecule has 0 aliphatic carbocycles. The summed E-state index contributed by atoms with van der Waals surface area (Å²) >= 11 is 6.12. The second kappa shape index (κ2) is 7.40. The van der Waals surface area contributed by atoms with Crippen LogP contribution in [0.4, 0.5) is 13.2 Å². The topological polar surface area (TPSA) is 86.5 Å². The van der Waals surface area contributed by atoms with Gasteiger partial charge in [-0.25, -0.2) is 9.78 Å². The highest BCUT2D eigenvalue weighted by molar-refractivity contribution is 6.35. The first-order valence-corrected chi connectivity index (χ1v) is 7.75. The van der Waals surface area contributed by atoms with E-state index < -0.39 is 18.2 Å². The van der Waals surface area contributed by atoms with Gasteiger partial charge in [0.25, 0.3) is 0 Å². The Hall–Kier alpha value is -2.49. The highest BCUT2D eigenvalue weighted by Gasteiger charge is 2.38. The van der Waals surface area contributed by atoms with E-state index in [0.717, 1.165) is 6.92 Å². The van der Waals surface area contributed by atoms with E-state index in [1.54, 1.807) is 6.92 Å². The first-order chi connectivity index (χ1) is 12.1. The lowest BCUT2D eigenvalue weighted by Gasteiger charge is -2.18. The van der Waals surface area contributed by atoms with Crippen LogP contribution in [0.5, 0.6) is 11.6 Å². The molecular formula is C15H15ClF3N3O4. The first kappa shape index (κ1) is 19.8. The smallest absolute Gasteiger partial charge is 0.425 e. The third-order valence-electron chi connectivity index (χ3n) is 3.47. The number of methoxy groups -OCH3 is 1. The van der Waals surface area contributed by atoms with Gasteiger partial charge in [-0.1, -0.05) is 11.6 Å². The molecule has 2 aromatic rings. The normalized spacial score (nSPS) is 12.7. The number of aromatic nitrogens is 3. The van der Waals surface area contributed by atoms with Crippen LogP contribution in [0, 0.1) is 0 Å². The maximum Gasteiger partial charge on any atom is 0.425 e. The van der Waals surface area contributed by atoms with E-state index in [2.05, 4.69) is 10.1 Å². The van der Waals surface area contributed by atoms with Gasteiger partial charge in [-0.05, 0) is 13.8 Å². The van der Waals surface area contributed by atoms with E-state index in [0.29, 0.717) is 6.54 Å². The quantitative estimate of drug-likeness (QED) is 0.806. The van der Waals surface area contributed by atoms with E-state index in [1.807, 2.05) is 0 Å². The standard InChI is InChI=1S/C15H15ClF3N3O4/c1-4-22-13(11(16)12(21-22)14(23)24)8-6-20-10(5-9(8)25-3)26-7(2)15(17,18)19/h5-7H,4H2,1-3H3,(H,23,24). The van der Waals surface area contributed by atoms with Gasteiger partial charge in [0.2, 0.25) is 5.88 Å². The molecule has 0 aromatic carbocycles. The Morgan fingerprint density at radius 1 is 1.46 bits per heavy atom. The zero-order valence-electron chi connectivity index (χ0n) is 14.0. The van der Waals surface area contributed by atoms with Crippen molar-refractivity contribution in [1.29, 1.82) is 0 Å². The monoisotopic (exact) mass is 393 g/mol. The maximum atomic E-state index is 12.6. The van der Waals surface area contributed by atoms with Gasteiger partial charge in [0.1, 0.15) is 10.8 Å². The van der Waals surface area contributed by atoms with Crippen molar-refractivity contribution in [3.8, 4) is 22.9 Å². The van der Waals surface area contributed by atoms with Gasteiger partial charge in [0, 0.05) is 18.8 Å². The number of hydrogen-bond acceptors (Lipinski definition) is 5. The number of aromatic carboxylic acids is 1. The summed E-state index contributed by atoms with van der Waals surface area (Å²) < 4.78 is 49.2. The lowest BCUT2D eigenvalue weighted by Crippen LogP contribution is -2.31. The Labute approximate surface area is 151 Å². The lowest BCUT2D eigenvalue weighted by molar-refractivity contribution is -0.190. The first-order valence-electron chi connectivity index (χ1n) is 7.37. The molecule has 0 aliphatic rings. The van der Waals surface area contributed by atoms with Crippen LogP contribution in [0.1, 0.15) is 24.3 Å². The summed E-state index contributed by atoms with van der Waals surface area (Å²) in [7, 11) is 1.30. The number of carbonyl (C=O) groups is 1. The van der Waals surface area contributed by atoms with E-state index in [9.17, 15) is 18.0 Å². The molecule has 11 heteroatoms. The molecule has 0 spiro atoms. The number of nitrogens with zero attached hydrogens (tertiary/aromatic N) is 3. The fourth-order valence-corrected chi connectivity index (χ4v) is 2.46. The largest absolute Gasteiger partial charge is 0.496 e. The number of carboxylic acid groups (broad SMARTS) is 1. The molecule has 0 saturated heterocycles. The number of rotatable bonds is 6. The van der Waals surface area contributed by atoms with Gasteiger partial charge in [-0.3, -0.25) is 4.68 Å². The number of halogens is 4. The number of alkyl halides is 3. The van der Waals surface area contributed by atoms with Crippen LogP contribution < -0.4 is 9.47 Å². The molecule has 0 aliphatic heterocycles. The molecule has 7 nitrogen and oxygen atoms in total. The summed E-state index contributed by atoms with van der Waals surface area (Å²) in [5, 5.41) is 12.9. The zero-order chi connectivity index (χ0) is 19.6. The highest BCUT2D eigenvalue weighted by Crippen LogP contribution is 2.38. The molecule has 2 aromatic heterocycles. The van der Waals surface area contributed by atoms with Crippen molar-refractivity contribution in [1.82, 2.24) is 14.8 Å². The number of carboxylic acids is 1. The molecule has 1 atom stereocenters. The van der Waals surface area contributed by atoms with Crippen LogP contribution in [0.15, 0.2) is 12.3 Å². The van der Waals surface area contributed by atoms with Crippen molar-refractivity contribution in [2.45, 2.75) is 32.7 Å². The number of ether oxygens (including phenoxy) is 2. The highest BCUT2D eigenvalue weighted by atomic mass is 35.5. The van der Waals surface area contributed by atoms with Crippen molar-refractivity contribution in [2.75, 3.05) is 7.11 Å². The van der Waals surface area contributed by atoms with Crippen molar-refractivity contribution < 1.29 is 32.5 Å². The van der Waals surface area contributed by atoms with E-state index in [1.165, 1.54) is 24.1 Å². The summed E-state index contributed by atoms with van der Waals surface area (Å²) in [6.45, 7) is 2.87. The molecule has 0 radical (unpaired) electrons. The SMILES string of the molecule is CCn1nc(C(=O)O)c(Cl)c1-c1cnc(OC(C)C(F)(F)F)cc1OC. The van der Waals surface area contributed by atoms with E-state index in [4.69, 9.17) is 26.2 Å². The molecule has 0 saturated carbocycles. The Bertz CT molecular complexity index is 823. The molecule has 2 rings (SSSR count). The van der Waals surface area contributed by atoms with Crippen LogP contribution in [0.2, 0.25) is 5.02 Å². The van der Waals surface area contributed by atoms with Crippen LogP contribution in [-0.4, -0.2) is 45.2 Å². The Morgan fingerprint density at radius 3 is 2.62 bits per heavy atom. The Kier molecular flexibility index (Phi) is 5.65. The second-order valence-corrected chi connectivity index (χ2v) is 5.53. The van der Waals surface area contributed by atoms with Gasteiger partial charge in [-0.2, -0.15) is 18.3 Å². The Balaban J connectivity index is 2.50. The van der Waals surface area contributed by atoms with E-state index >= 15 is 0 Å². The summed E-state index contributed by atoms with van der Waals surface area (Å²) in [5.41, 5.74) is 0.147. The maximum absolute atomic E-state index is 12.6. The third-order valence-corrected chi connectivity index (χ3v) is 3.83. The molecule has 1 N–H and O–H groups in total. The minimum Gasteiger partial charge on any atom is -0.496 e. The molecular weight excluding hydrogens is 379 g/mol. The fraction of sp³-hybridized carbons (Fsp3) is 0.400. The molecule has 142 valence electrons. The predicted octanol–water partition coefficient (Wildman–Crippen LogP) is 3.65. The van der Waals surface area contributed by atoms with Crippen molar-refractivity contribution in [3.63, 3.8) is 0 Å². The summed E-state index contributed by atoms with van der Waals surface area (Å²) in [6.07, 6.45) is -5.42. The summed E-state index contributed by atoms with van der Waals surface area (Å²) in [4.78, 5) is 15.1. The molecule has 0 bridgehead atoms. The average molecular weight is 394 g/mol. The second-order valence-electron chi connectivity index (χ2n) is 5.16. The molecule has 1 unspecified atom stereocenters. The van der Waals surface area contributed by atoms with Gasteiger partial charge in [0.15, 0.2) is 11.8 Å². The van der Waals surface area contributed by atoms with Gasteiger partial charge in [-0.15, -0.1) is 0 Å². The van der Waals surface area contributed by atoms with E-state index in [-0.39, 0.29) is 33.6 Å².